The Balaban J connectivity index is 1.63. The van der Waals surface area contributed by atoms with Crippen LogP contribution in [-0.4, -0.2) is 48.5 Å². The Bertz CT molecular complexity index is 1340. The van der Waals surface area contributed by atoms with Crippen molar-refractivity contribution in [1.29, 1.82) is 0 Å². The summed E-state index contributed by atoms with van der Waals surface area (Å²) >= 11 is 1.25. The van der Waals surface area contributed by atoms with Gasteiger partial charge in [-0.25, -0.2) is 12.8 Å². The van der Waals surface area contributed by atoms with Crippen LogP contribution in [0, 0.1) is 5.82 Å². The Hall–Kier alpha value is -2.40. The summed E-state index contributed by atoms with van der Waals surface area (Å²) < 4.78 is 49.3. The third kappa shape index (κ3) is 4.93. The minimum atomic E-state index is -3.69. The lowest BCUT2D eigenvalue weighted by atomic mass is 10.2. The van der Waals surface area contributed by atoms with Crippen LogP contribution in [0.25, 0.3) is 10.2 Å². The summed E-state index contributed by atoms with van der Waals surface area (Å²) in [4.78, 5) is 17.7. The molecule has 0 spiro atoms. The van der Waals surface area contributed by atoms with Crippen LogP contribution in [0.1, 0.15) is 37.6 Å². The summed E-state index contributed by atoms with van der Waals surface area (Å²) in [6, 6.07) is 10.3. The molecule has 1 amide bonds. The smallest absolute Gasteiger partial charge is 0.279 e. The number of aromatic nitrogens is 1. The van der Waals surface area contributed by atoms with Gasteiger partial charge < -0.3 is 9.30 Å². The van der Waals surface area contributed by atoms with Crippen LogP contribution in [0.4, 0.5) is 4.39 Å². The number of carbonyl (C=O) groups is 1. The number of thiazole rings is 1. The van der Waals surface area contributed by atoms with Crippen molar-refractivity contribution in [3.05, 3.63) is 58.6 Å². The second-order valence-electron chi connectivity index (χ2n) is 8.17. The molecule has 2 heterocycles. The highest BCUT2D eigenvalue weighted by Crippen LogP contribution is 2.22. The van der Waals surface area contributed by atoms with Crippen LogP contribution < -0.4 is 4.80 Å². The first-order valence-electron chi connectivity index (χ1n) is 10.8. The van der Waals surface area contributed by atoms with E-state index in [9.17, 15) is 17.6 Å². The first-order chi connectivity index (χ1) is 15.7. The molecule has 1 aliphatic rings. The van der Waals surface area contributed by atoms with Gasteiger partial charge in [-0.15, -0.1) is 0 Å². The topological polar surface area (TPSA) is 81.0 Å². The van der Waals surface area contributed by atoms with Crippen molar-refractivity contribution in [2.24, 2.45) is 4.99 Å². The molecule has 33 heavy (non-hydrogen) atoms. The average molecular weight is 492 g/mol. The first-order valence-corrected chi connectivity index (χ1v) is 13.1. The fraction of sp³-hybridized carbons (Fsp3) is 0.391. The molecule has 2 aromatic carbocycles. The van der Waals surface area contributed by atoms with Crippen molar-refractivity contribution in [1.82, 2.24) is 8.87 Å². The lowest BCUT2D eigenvalue weighted by Gasteiger charge is -2.34. The molecule has 0 radical (unpaired) electrons. The number of sulfonamides is 1. The monoisotopic (exact) mass is 491 g/mol. The van der Waals surface area contributed by atoms with Gasteiger partial charge in [0.25, 0.3) is 5.91 Å². The SMILES string of the molecule is CCCn1c(=NC(=O)c2ccc(S(=O)(=O)N3CC(C)OC(C)C3)cc2)sc2cc(F)ccc21. The Morgan fingerprint density at radius 1 is 1.15 bits per heavy atom. The quantitative estimate of drug-likeness (QED) is 0.544. The number of aryl methyl sites for hydroxylation is 1. The first kappa shape index (κ1) is 23.7. The Kier molecular flexibility index (Phi) is 6.81. The Morgan fingerprint density at radius 2 is 1.82 bits per heavy atom. The number of fused-ring (bicyclic) bond motifs is 1. The minimum absolute atomic E-state index is 0.124. The lowest BCUT2D eigenvalue weighted by molar-refractivity contribution is -0.0440. The molecule has 4 rings (SSSR count). The number of carbonyl (C=O) groups excluding carboxylic acids is 1. The zero-order valence-corrected chi connectivity index (χ0v) is 20.3. The van der Waals surface area contributed by atoms with Crippen molar-refractivity contribution >= 4 is 37.5 Å². The maximum Gasteiger partial charge on any atom is 0.279 e. The fourth-order valence-corrected chi connectivity index (χ4v) is 6.64. The van der Waals surface area contributed by atoms with Gasteiger partial charge in [-0.3, -0.25) is 4.79 Å². The summed E-state index contributed by atoms with van der Waals surface area (Å²) in [7, 11) is -3.69. The van der Waals surface area contributed by atoms with Crippen molar-refractivity contribution < 1.29 is 22.3 Å². The molecule has 1 aliphatic heterocycles. The Labute approximate surface area is 196 Å². The number of hydrogen-bond acceptors (Lipinski definition) is 5. The van der Waals surface area contributed by atoms with Crippen LogP contribution in [0.15, 0.2) is 52.4 Å². The molecule has 1 fully saturated rings. The molecule has 3 aromatic rings. The molecule has 1 aromatic heterocycles. The third-order valence-electron chi connectivity index (χ3n) is 5.41. The predicted molar refractivity (Wildman–Crippen MR) is 125 cm³/mol. The zero-order chi connectivity index (χ0) is 23.8. The normalized spacial score (nSPS) is 20.4. The second kappa shape index (κ2) is 9.46. The van der Waals surface area contributed by atoms with E-state index in [0.717, 1.165) is 11.9 Å². The van der Waals surface area contributed by atoms with Gasteiger partial charge in [0.2, 0.25) is 10.0 Å². The molecular formula is C23H26FN3O4S2. The molecule has 176 valence electrons. The molecule has 0 N–H and O–H groups in total. The van der Waals surface area contributed by atoms with E-state index in [1.165, 1.54) is 52.0 Å². The summed E-state index contributed by atoms with van der Waals surface area (Å²) in [5, 5.41) is 0. The fourth-order valence-electron chi connectivity index (χ4n) is 3.97. The summed E-state index contributed by atoms with van der Waals surface area (Å²) in [6.07, 6.45) is 0.455. The standard InChI is InChI=1S/C23H26FN3O4S2/c1-4-11-27-20-10-7-18(24)12-21(20)32-23(27)25-22(28)17-5-8-19(9-6-17)33(29,30)26-13-15(2)31-16(3)14-26/h5-10,12,15-16H,4,11,13-14H2,1-3H3. The maximum absolute atomic E-state index is 13.6. The maximum atomic E-state index is 13.6. The van der Waals surface area contributed by atoms with Crippen LogP contribution in [0.3, 0.4) is 0 Å². The molecule has 0 bridgehead atoms. The van der Waals surface area contributed by atoms with E-state index in [0.29, 0.717) is 16.0 Å². The van der Waals surface area contributed by atoms with Crippen LogP contribution in [-0.2, 0) is 21.3 Å². The molecule has 1 saturated heterocycles. The highest BCUT2D eigenvalue weighted by molar-refractivity contribution is 7.89. The summed E-state index contributed by atoms with van der Waals surface area (Å²) in [6.45, 7) is 6.91. The average Bonchev–Trinajstić information content (AvgIpc) is 3.09. The van der Waals surface area contributed by atoms with Gasteiger partial charge in [-0.2, -0.15) is 9.30 Å². The Morgan fingerprint density at radius 3 is 2.45 bits per heavy atom. The van der Waals surface area contributed by atoms with Crippen LogP contribution >= 0.6 is 11.3 Å². The van der Waals surface area contributed by atoms with Gasteiger partial charge in [0.1, 0.15) is 5.82 Å². The number of amides is 1. The zero-order valence-electron chi connectivity index (χ0n) is 18.7. The minimum Gasteiger partial charge on any atom is -0.373 e. The van der Waals surface area contributed by atoms with Crippen molar-refractivity contribution in [3.63, 3.8) is 0 Å². The van der Waals surface area contributed by atoms with Gasteiger partial charge in [0, 0.05) is 25.2 Å². The van der Waals surface area contributed by atoms with Crippen LogP contribution in [0.5, 0.6) is 0 Å². The van der Waals surface area contributed by atoms with E-state index in [2.05, 4.69) is 4.99 Å². The molecule has 0 aliphatic carbocycles. The van der Waals surface area contributed by atoms with Gasteiger partial charge >= 0.3 is 0 Å². The van der Waals surface area contributed by atoms with E-state index in [1.807, 2.05) is 25.3 Å². The van der Waals surface area contributed by atoms with E-state index < -0.39 is 15.9 Å². The van der Waals surface area contributed by atoms with E-state index >= 15 is 0 Å². The number of nitrogens with zero attached hydrogens (tertiary/aromatic N) is 3. The third-order valence-corrected chi connectivity index (χ3v) is 8.30. The van der Waals surface area contributed by atoms with Crippen molar-refractivity contribution in [2.75, 3.05) is 13.1 Å². The number of rotatable bonds is 5. The molecule has 7 nitrogen and oxygen atoms in total. The van der Waals surface area contributed by atoms with Gasteiger partial charge in [0.05, 0.1) is 27.3 Å². The number of ether oxygens (including phenoxy) is 1. The summed E-state index contributed by atoms with van der Waals surface area (Å²) in [5.41, 5.74) is 1.11. The van der Waals surface area contributed by atoms with Crippen LogP contribution in [0.2, 0.25) is 0 Å². The molecular weight excluding hydrogens is 465 g/mol. The van der Waals surface area contributed by atoms with E-state index in [1.54, 1.807) is 6.07 Å². The highest BCUT2D eigenvalue weighted by Gasteiger charge is 2.32. The van der Waals surface area contributed by atoms with Gasteiger partial charge in [-0.05, 0) is 62.7 Å². The van der Waals surface area contributed by atoms with Crippen molar-refractivity contribution in [2.45, 2.75) is 50.8 Å². The predicted octanol–water partition coefficient (Wildman–Crippen LogP) is 3.79. The summed E-state index contributed by atoms with van der Waals surface area (Å²) in [5.74, 6) is -0.824. The van der Waals surface area contributed by atoms with E-state index in [-0.39, 0.29) is 41.6 Å². The lowest BCUT2D eigenvalue weighted by Crippen LogP contribution is -2.48. The molecule has 10 heteroatoms. The number of morpholine rings is 1. The second-order valence-corrected chi connectivity index (χ2v) is 11.1. The largest absolute Gasteiger partial charge is 0.373 e. The molecule has 2 atom stereocenters. The number of halogens is 1. The highest BCUT2D eigenvalue weighted by atomic mass is 32.2. The van der Waals surface area contributed by atoms with Crippen molar-refractivity contribution in [3.8, 4) is 0 Å². The number of benzene rings is 2. The molecule has 0 saturated carbocycles. The number of hydrogen-bond donors (Lipinski definition) is 0. The molecule has 2 unspecified atom stereocenters. The van der Waals surface area contributed by atoms with E-state index in [4.69, 9.17) is 4.74 Å². The van der Waals surface area contributed by atoms with Gasteiger partial charge in [0.15, 0.2) is 4.80 Å². The van der Waals surface area contributed by atoms with Gasteiger partial charge in [-0.1, -0.05) is 18.3 Å².